The maximum Gasteiger partial charge on any atom is 0.367 e. The predicted octanol–water partition coefficient (Wildman–Crippen LogP) is 4.21. The van der Waals surface area contributed by atoms with Crippen molar-refractivity contribution in [2.75, 3.05) is 26.2 Å². The Balaban J connectivity index is 1.63. The third kappa shape index (κ3) is 5.50. The van der Waals surface area contributed by atoms with Gasteiger partial charge in [0.2, 0.25) is 0 Å². The van der Waals surface area contributed by atoms with Gasteiger partial charge in [-0.05, 0) is 43.0 Å². The first-order valence-corrected chi connectivity index (χ1v) is 9.58. The van der Waals surface area contributed by atoms with Crippen molar-refractivity contribution in [2.24, 2.45) is 0 Å². The van der Waals surface area contributed by atoms with Crippen molar-refractivity contribution in [3.05, 3.63) is 76.4 Å². The van der Waals surface area contributed by atoms with Gasteiger partial charge in [0.05, 0.1) is 24.6 Å². The van der Waals surface area contributed by atoms with E-state index in [2.05, 4.69) is 24.3 Å². The van der Waals surface area contributed by atoms with Crippen molar-refractivity contribution in [1.82, 2.24) is 0 Å². The van der Waals surface area contributed by atoms with Crippen molar-refractivity contribution >= 4 is 17.7 Å². The summed E-state index contributed by atoms with van der Waals surface area (Å²) in [6, 6.07) is 15.7. The molecule has 3 rings (SSSR count). The van der Waals surface area contributed by atoms with E-state index < -0.39 is 4.92 Å². The molecule has 2 aromatic rings. The highest BCUT2D eigenvalue weighted by molar-refractivity contribution is 5.73. The standard InChI is InChI=1S/C22H25N2O4/c25-22(28-21-13-11-20(12-14-21)23(26)27)18-24(15-5-2-6-16-24)17-7-10-19-8-3-1-4-9-19/h1,3-4,7-14H,2,5-6,15-18H2/q+1/b10-7+. The van der Waals surface area contributed by atoms with E-state index in [1.165, 1.54) is 30.7 Å². The molecule has 1 aliphatic rings. The molecule has 0 aromatic heterocycles. The third-order valence-electron chi connectivity index (χ3n) is 5.11. The predicted molar refractivity (Wildman–Crippen MR) is 108 cm³/mol. The fourth-order valence-corrected chi connectivity index (χ4v) is 3.64. The van der Waals surface area contributed by atoms with Crippen molar-refractivity contribution in [3.8, 4) is 5.75 Å². The molecule has 1 saturated heterocycles. The molecule has 0 spiro atoms. The molecule has 0 saturated carbocycles. The monoisotopic (exact) mass is 381 g/mol. The molecule has 2 aromatic carbocycles. The summed E-state index contributed by atoms with van der Waals surface area (Å²) in [5.74, 6) is 0.0365. The second kappa shape index (κ2) is 9.28. The minimum atomic E-state index is -0.474. The zero-order chi connectivity index (χ0) is 19.8. The van der Waals surface area contributed by atoms with Crippen LogP contribution in [0.5, 0.6) is 5.75 Å². The average Bonchev–Trinajstić information content (AvgIpc) is 2.70. The summed E-state index contributed by atoms with van der Waals surface area (Å²) in [5, 5.41) is 10.7. The Kier molecular flexibility index (Phi) is 6.55. The number of carbonyl (C=O) groups is 1. The van der Waals surface area contributed by atoms with E-state index in [9.17, 15) is 14.9 Å². The molecule has 1 aliphatic heterocycles. The fourth-order valence-electron chi connectivity index (χ4n) is 3.64. The SMILES string of the molecule is O=C(C[N+]1(C/C=C/c2ccccc2)CCCCC1)Oc1ccc([N+](=O)[O-])cc1. The average molecular weight is 381 g/mol. The summed E-state index contributed by atoms with van der Waals surface area (Å²) in [6.45, 7) is 2.99. The number of piperidine rings is 1. The van der Waals surface area contributed by atoms with Crippen LogP contribution in [0, 0.1) is 10.1 Å². The first-order valence-electron chi connectivity index (χ1n) is 9.58. The lowest BCUT2D eigenvalue weighted by molar-refractivity contribution is -0.920. The maximum atomic E-state index is 12.5. The van der Waals surface area contributed by atoms with Crippen LogP contribution in [0.3, 0.4) is 0 Å². The molecule has 0 radical (unpaired) electrons. The van der Waals surface area contributed by atoms with E-state index in [4.69, 9.17) is 4.74 Å². The highest BCUT2D eigenvalue weighted by Crippen LogP contribution is 2.21. The number of non-ortho nitro benzene ring substituents is 1. The van der Waals surface area contributed by atoms with Gasteiger partial charge in [0.15, 0.2) is 6.54 Å². The number of likely N-dealkylation sites (tertiary alicyclic amines) is 1. The number of esters is 1. The van der Waals surface area contributed by atoms with Gasteiger partial charge >= 0.3 is 5.97 Å². The van der Waals surface area contributed by atoms with Gasteiger partial charge in [0.1, 0.15) is 5.75 Å². The van der Waals surface area contributed by atoms with Crippen LogP contribution in [-0.4, -0.2) is 41.6 Å². The molecule has 0 aliphatic carbocycles. The summed E-state index contributed by atoms with van der Waals surface area (Å²) in [6.07, 6.45) is 7.63. The summed E-state index contributed by atoms with van der Waals surface area (Å²) in [5.41, 5.74) is 1.12. The fraction of sp³-hybridized carbons (Fsp3) is 0.318. The third-order valence-corrected chi connectivity index (χ3v) is 5.11. The minimum Gasteiger partial charge on any atom is -0.422 e. The zero-order valence-corrected chi connectivity index (χ0v) is 15.8. The van der Waals surface area contributed by atoms with Gasteiger partial charge in [0, 0.05) is 12.1 Å². The smallest absolute Gasteiger partial charge is 0.367 e. The van der Waals surface area contributed by atoms with Gasteiger partial charge in [-0.1, -0.05) is 36.4 Å². The number of benzene rings is 2. The highest BCUT2D eigenvalue weighted by atomic mass is 16.6. The van der Waals surface area contributed by atoms with Crippen LogP contribution in [0.4, 0.5) is 5.69 Å². The summed E-state index contributed by atoms with van der Waals surface area (Å²) in [4.78, 5) is 22.8. The van der Waals surface area contributed by atoms with Crippen LogP contribution >= 0.6 is 0 Å². The molecule has 6 nitrogen and oxygen atoms in total. The van der Waals surface area contributed by atoms with Gasteiger partial charge in [-0.25, -0.2) is 4.79 Å². The lowest BCUT2D eigenvalue weighted by atomic mass is 10.1. The molecule has 1 heterocycles. The number of nitrogens with zero attached hydrogens (tertiary/aromatic N) is 2. The largest absolute Gasteiger partial charge is 0.422 e. The molecule has 1 fully saturated rings. The Morgan fingerprint density at radius 2 is 1.71 bits per heavy atom. The van der Waals surface area contributed by atoms with Crippen molar-refractivity contribution in [3.63, 3.8) is 0 Å². The van der Waals surface area contributed by atoms with Gasteiger partial charge in [-0.15, -0.1) is 0 Å². The first-order chi connectivity index (χ1) is 13.6. The van der Waals surface area contributed by atoms with Crippen LogP contribution in [-0.2, 0) is 4.79 Å². The maximum absolute atomic E-state index is 12.5. The zero-order valence-electron chi connectivity index (χ0n) is 15.8. The lowest BCUT2D eigenvalue weighted by Gasteiger charge is -2.39. The Morgan fingerprint density at radius 1 is 1.04 bits per heavy atom. The van der Waals surface area contributed by atoms with E-state index in [1.54, 1.807) is 0 Å². The lowest BCUT2D eigenvalue weighted by Crippen LogP contribution is -2.55. The molecule has 0 unspecified atom stereocenters. The first kappa shape index (κ1) is 19.8. The molecule has 0 N–H and O–H groups in total. The van der Waals surface area contributed by atoms with Crippen molar-refractivity contribution < 1.29 is 18.9 Å². The number of nitro groups is 1. The van der Waals surface area contributed by atoms with Crippen LogP contribution in [0.2, 0.25) is 0 Å². The van der Waals surface area contributed by atoms with Gasteiger partial charge in [-0.2, -0.15) is 0 Å². The topological polar surface area (TPSA) is 69.4 Å². The van der Waals surface area contributed by atoms with Crippen LogP contribution in [0.1, 0.15) is 24.8 Å². The Hall–Kier alpha value is -2.99. The van der Waals surface area contributed by atoms with Crippen molar-refractivity contribution in [2.45, 2.75) is 19.3 Å². The number of hydrogen-bond donors (Lipinski definition) is 0. The normalized spacial score (nSPS) is 16.0. The van der Waals surface area contributed by atoms with Crippen LogP contribution in [0.25, 0.3) is 6.08 Å². The quantitative estimate of drug-likeness (QED) is 0.237. The number of quaternary nitrogens is 1. The van der Waals surface area contributed by atoms with Gasteiger partial charge in [-0.3, -0.25) is 10.1 Å². The molecule has 146 valence electrons. The second-order valence-corrected chi connectivity index (χ2v) is 7.23. The number of ether oxygens (including phenoxy) is 1. The molecular weight excluding hydrogens is 356 g/mol. The van der Waals surface area contributed by atoms with Gasteiger partial charge < -0.3 is 9.22 Å². The second-order valence-electron chi connectivity index (χ2n) is 7.23. The number of hydrogen-bond acceptors (Lipinski definition) is 4. The molecular formula is C22H25N2O4+. The summed E-state index contributed by atoms with van der Waals surface area (Å²) >= 11 is 0. The molecule has 0 atom stereocenters. The van der Waals surface area contributed by atoms with E-state index in [-0.39, 0.29) is 11.7 Å². The molecule has 6 heteroatoms. The Bertz CT molecular complexity index is 825. The number of rotatable bonds is 7. The highest BCUT2D eigenvalue weighted by Gasteiger charge is 2.32. The molecule has 0 bridgehead atoms. The van der Waals surface area contributed by atoms with Crippen LogP contribution < -0.4 is 4.74 Å². The van der Waals surface area contributed by atoms with Gasteiger partial charge in [0.25, 0.3) is 5.69 Å². The van der Waals surface area contributed by atoms with E-state index in [1.807, 2.05) is 18.2 Å². The van der Waals surface area contributed by atoms with E-state index in [0.717, 1.165) is 38.0 Å². The van der Waals surface area contributed by atoms with Crippen molar-refractivity contribution in [1.29, 1.82) is 0 Å². The Labute approximate surface area is 164 Å². The number of carbonyl (C=O) groups excluding carboxylic acids is 1. The molecule has 28 heavy (non-hydrogen) atoms. The summed E-state index contributed by atoms with van der Waals surface area (Å²) in [7, 11) is 0. The number of nitro benzene ring substituents is 1. The Morgan fingerprint density at radius 3 is 2.36 bits per heavy atom. The summed E-state index contributed by atoms with van der Waals surface area (Å²) < 4.78 is 6.13. The minimum absolute atomic E-state index is 0.0228. The van der Waals surface area contributed by atoms with E-state index >= 15 is 0 Å². The van der Waals surface area contributed by atoms with E-state index in [0.29, 0.717) is 16.8 Å². The van der Waals surface area contributed by atoms with Crippen LogP contribution in [0.15, 0.2) is 60.7 Å². The molecule has 0 amide bonds.